The highest BCUT2D eigenvalue weighted by molar-refractivity contribution is 6.30. The van der Waals surface area contributed by atoms with Crippen LogP contribution in [0, 0.1) is 0 Å². The monoisotopic (exact) mass is 275 g/mol. The van der Waals surface area contributed by atoms with E-state index in [-0.39, 0.29) is 17.0 Å². The number of nitrogens with two attached hydrogens (primary N) is 1. The van der Waals surface area contributed by atoms with Gasteiger partial charge in [-0.1, -0.05) is 23.7 Å². The number of anilines is 1. The number of fused-ring (bicyclic) bond motifs is 1. The number of aromatic amines is 1. The van der Waals surface area contributed by atoms with Crippen LogP contribution in [-0.4, -0.2) is 19.5 Å². The summed E-state index contributed by atoms with van der Waals surface area (Å²) in [6, 6.07) is 7.44. The quantitative estimate of drug-likeness (QED) is 0.740. The van der Waals surface area contributed by atoms with Gasteiger partial charge in [-0.2, -0.15) is 4.98 Å². The molecule has 2 heterocycles. The molecule has 0 unspecified atom stereocenters. The van der Waals surface area contributed by atoms with Gasteiger partial charge in [0.25, 0.3) is 5.56 Å². The molecule has 7 heteroatoms. The molecule has 0 aliphatic carbocycles. The van der Waals surface area contributed by atoms with Gasteiger partial charge in [0, 0.05) is 5.02 Å². The topological polar surface area (TPSA) is 89.6 Å². The van der Waals surface area contributed by atoms with Crippen molar-refractivity contribution in [1.82, 2.24) is 19.5 Å². The largest absolute Gasteiger partial charge is 0.369 e. The smallest absolute Gasteiger partial charge is 0.280 e. The van der Waals surface area contributed by atoms with Gasteiger partial charge in [-0.15, -0.1) is 0 Å². The molecule has 0 atom stereocenters. The minimum absolute atomic E-state index is 0.0790. The number of H-pyrrole nitrogens is 1. The van der Waals surface area contributed by atoms with Gasteiger partial charge in [0.05, 0.1) is 12.9 Å². The number of imidazole rings is 1. The zero-order valence-corrected chi connectivity index (χ0v) is 10.6. The average molecular weight is 276 g/mol. The van der Waals surface area contributed by atoms with Gasteiger partial charge in [-0.3, -0.25) is 9.78 Å². The van der Waals surface area contributed by atoms with E-state index >= 15 is 0 Å². The predicted octanol–water partition coefficient (Wildman–Crippen LogP) is 1.40. The van der Waals surface area contributed by atoms with E-state index in [2.05, 4.69) is 15.0 Å². The first kappa shape index (κ1) is 11.7. The number of aromatic nitrogens is 4. The summed E-state index contributed by atoms with van der Waals surface area (Å²) in [5.74, 6) is 0.0790. The lowest BCUT2D eigenvalue weighted by Crippen LogP contribution is -2.12. The summed E-state index contributed by atoms with van der Waals surface area (Å²) in [6.45, 7) is 0.545. The fourth-order valence-corrected chi connectivity index (χ4v) is 2.00. The molecule has 96 valence electrons. The van der Waals surface area contributed by atoms with Crippen LogP contribution >= 0.6 is 11.6 Å². The van der Waals surface area contributed by atoms with Crippen molar-refractivity contribution in [3.8, 4) is 0 Å². The van der Waals surface area contributed by atoms with Crippen LogP contribution in [0.5, 0.6) is 0 Å². The van der Waals surface area contributed by atoms with Crippen molar-refractivity contribution in [2.75, 3.05) is 5.73 Å². The second-order valence-corrected chi connectivity index (χ2v) is 4.56. The van der Waals surface area contributed by atoms with E-state index in [0.29, 0.717) is 17.2 Å². The van der Waals surface area contributed by atoms with E-state index in [1.807, 2.05) is 24.3 Å². The minimum Gasteiger partial charge on any atom is -0.369 e. The maximum absolute atomic E-state index is 11.6. The van der Waals surface area contributed by atoms with Crippen molar-refractivity contribution in [2.24, 2.45) is 0 Å². The van der Waals surface area contributed by atoms with Gasteiger partial charge in [-0.25, -0.2) is 4.98 Å². The first-order valence-electron chi connectivity index (χ1n) is 5.58. The zero-order valence-electron chi connectivity index (χ0n) is 9.80. The lowest BCUT2D eigenvalue weighted by atomic mass is 10.2. The molecule has 19 heavy (non-hydrogen) atoms. The molecule has 6 nitrogen and oxygen atoms in total. The maximum Gasteiger partial charge on any atom is 0.280 e. The molecular formula is C12H10ClN5O. The summed E-state index contributed by atoms with van der Waals surface area (Å²) >= 11 is 5.84. The van der Waals surface area contributed by atoms with Crippen LogP contribution in [0.2, 0.25) is 5.02 Å². The molecule has 0 radical (unpaired) electrons. The van der Waals surface area contributed by atoms with E-state index in [1.165, 1.54) is 0 Å². The fourth-order valence-electron chi connectivity index (χ4n) is 1.87. The number of rotatable bonds is 2. The number of halogens is 1. The molecule has 0 aliphatic heterocycles. The summed E-state index contributed by atoms with van der Waals surface area (Å²) in [6.07, 6.45) is 1.57. The molecule has 2 aromatic heterocycles. The third-order valence-electron chi connectivity index (χ3n) is 2.76. The van der Waals surface area contributed by atoms with Crippen molar-refractivity contribution in [3.05, 3.63) is 51.5 Å². The van der Waals surface area contributed by atoms with E-state index in [1.54, 1.807) is 10.9 Å². The minimum atomic E-state index is -0.336. The molecule has 0 fully saturated rings. The van der Waals surface area contributed by atoms with Crippen LogP contribution in [0.3, 0.4) is 0 Å². The Bertz CT molecular complexity index is 790. The normalized spacial score (nSPS) is 11.0. The van der Waals surface area contributed by atoms with Gasteiger partial charge in [0.15, 0.2) is 11.2 Å². The summed E-state index contributed by atoms with van der Waals surface area (Å²) < 4.78 is 1.77. The summed E-state index contributed by atoms with van der Waals surface area (Å²) in [7, 11) is 0. The molecular weight excluding hydrogens is 266 g/mol. The Morgan fingerprint density at radius 1 is 1.32 bits per heavy atom. The van der Waals surface area contributed by atoms with Crippen molar-refractivity contribution >= 4 is 28.7 Å². The molecule has 3 rings (SSSR count). The van der Waals surface area contributed by atoms with Crippen LogP contribution < -0.4 is 11.3 Å². The number of benzene rings is 1. The van der Waals surface area contributed by atoms with E-state index < -0.39 is 0 Å². The molecule has 0 saturated heterocycles. The first-order valence-corrected chi connectivity index (χ1v) is 5.96. The highest BCUT2D eigenvalue weighted by atomic mass is 35.5. The molecule has 0 aliphatic rings. The number of hydrogen-bond acceptors (Lipinski definition) is 4. The van der Waals surface area contributed by atoms with Gasteiger partial charge in [0.1, 0.15) is 0 Å². The molecule has 0 spiro atoms. The molecule has 0 saturated carbocycles. The van der Waals surface area contributed by atoms with Crippen molar-refractivity contribution in [2.45, 2.75) is 6.54 Å². The third kappa shape index (κ3) is 2.17. The third-order valence-corrected chi connectivity index (χ3v) is 3.01. The first-order chi connectivity index (χ1) is 9.13. The number of nitrogens with one attached hydrogen (secondary N) is 1. The van der Waals surface area contributed by atoms with Crippen LogP contribution in [0.4, 0.5) is 5.95 Å². The lowest BCUT2D eigenvalue weighted by molar-refractivity contribution is 0.814. The summed E-state index contributed by atoms with van der Waals surface area (Å²) in [4.78, 5) is 22.2. The Labute approximate surface area is 112 Å². The summed E-state index contributed by atoms with van der Waals surface area (Å²) in [5, 5.41) is 0.679. The van der Waals surface area contributed by atoms with Gasteiger partial charge in [-0.05, 0) is 17.7 Å². The summed E-state index contributed by atoms with van der Waals surface area (Å²) in [5.41, 5.74) is 6.99. The van der Waals surface area contributed by atoms with Crippen molar-refractivity contribution in [1.29, 1.82) is 0 Å². The van der Waals surface area contributed by atoms with Crippen molar-refractivity contribution < 1.29 is 0 Å². The number of nitrogen functional groups attached to an aromatic ring is 1. The standard InChI is InChI=1S/C12H10ClN5O/c13-8-3-1-7(2-4-8)5-18-6-15-9-10(18)16-12(14)17-11(9)19/h1-4,6H,5H2,(H3,14,16,17,19). The Kier molecular flexibility index (Phi) is 2.72. The van der Waals surface area contributed by atoms with E-state index in [0.717, 1.165) is 5.56 Å². The Hall–Kier alpha value is -2.34. The van der Waals surface area contributed by atoms with Gasteiger partial charge < -0.3 is 10.3 Å². The van der Waals surface area contributed by atoms with Gasteiger partial charge in [0.2, 0.25) is 5.95 Å². The highest BCUT2D eigenvalue weighted by Gasteiger charge is 2.09. The van der Waals surface area contributed by atoms with Crippen LogP contribution in [0.15, 0.2) is 35.4 Å². The zero-order chi connectivity index (χ0) is 13.4. The molecule has 1 aromatic carbocycles. The maximum atomic E-state index is 11.6. The SMILES string of the molecule is Nc1nc2c(ncn2Cc2ccc(Cl)cc2)c(=O)[nH]1. The number of nitrogens with zero attached hydrogens (tertiary/aromatic N) is 3. The average Bonchev–Trinajstić information content (AvgIpc) is 2.76. The fraction of sp³-hybridized carbons (Fsp3) is 0.0833. The Morgan fingerprint density at radius 2 is 2.05 bits per heavy atom. The Balaban J connectivity index is 2.06. The predicted molar refractivity (Wildman–Crippen MR) is 73.1 cm³/mol. The van der Waals surface area contributed by atoms with E-state index in [9.17, 15) is 4.79 Å². The van der Waals surface area contributed by atoms with E-state index in [4.69, 9.17) is 17.3 Å². The molecule has 0 bridgehead atoms. The van der Waals surface area contributed by atoms with Crippen LogP contribution in [-0.2, 0) is 6.54 Å². The Morgan fingerprint density at radius 3 is 2.79 bits per heavy atom. The van der Waals surface area contributed by atoms with Crippen LogP contribution in [0.25, 0.3) is 11.2 Å². The lowest BCUT2D eigenvalue weighted by Gasteiger charge is -2.04. The molecule has 3 N–H and O–H groups in total. The second-order valence-electron chi connectivity index (χ2n) is 4.12. The molecule has 0 amide bonds. The second kappa shape index (κ2) is 4.40. The molecule has 3 aromatic rings. The van der Waals surface area contributed by atoms with Crippen LogP contribution in [0.1, 0.15) is 5.56 Å². The highest BCUT2D eigenvalue weighted by Crippen LogP contribution is 2.13. The van der Waals surface area contributed by atoms with Gasteiger partial charge >= 0.3 is 0 Å². The number of hydrogen-bond donors (Lipinski definition) is 2. The van der Waals surface area contributed by atoms with Crippen molar-refractivity contribution in [3.63, 3.8) is 0 Å².